The molecule has 9 nitrogen and oxygen atoms in total. The van der Waals surface area contributed by atoms with E-state index in [9.17, 15) is 9.59 Å². The molecule has 0 radical (unpaired) electrons. The Bertz CT molecular complexity index is 1130. The molecule has 0 bridgehead atoms. The highest BCUT2D eigenvalue weighted by Crippen LogP contribution is 2.36. The highest BCUT2D eigenvalue weighted by Gasteiger charge is 2.38. The first-order valence-electron chi connectivity index (χ1n) is 13.0. The van der Waals surface area contributed by atoms with E-state index in [1.165, 1.54) is 5.56 Å². The van der Waals surface area contributed by atoms with Crippen LogP contribution in [-0.4, -0.2) is 83.5 Å². The number of fused-ring (bicyclic) bond motifs is 1. The topological polar surface area (TPSA) is 82.1 Å². The number of hydrogen-bond donors (Lipinski definition) is 0. The largest absolute Gasteiger partial charge is 0.497 e. The summed E-state index contributed by atoms with van der Waals surface area (Å²) < 4.78 is 5.32. The van der Waals surface area contributed by atoms with Crippen molar-refractivity contribution < 1.29 is 14.3 Å². The first kappa shape index (κ1) is 24.3. The molecule has 2 saturated heterocycles. The molecular formula is C27H36N6O3. The Morgan fingerprint density at radius 3 is 2.44 bits per heavy atom. The standard InChI is InChI=1S/C27H36N6O3/c1-18(2)33-17-23-24(26(33)35)28-27(31-14-12-30(13-15-31)19(3)34)29-25(23)32-11-5-6-21(32)16-20-7-9-22(36-4)10-8-20/h7-10,18,21H,5-6,11-17H2,1-4H3. The van der Waals surface area contributed by atoms with Gasteiger partial charge in [-0.25, -0.2) is 4.98 Å². The summed E-state index contributed by atoms with van der Waals surface area (Å²) in [6, 6.07) is 8.68. The molecule has 4 heterocycles. The van der Waals surface area contributed by atoms with E-state index >= 15 is 0 Å². The summed E-state index contributed by atoms with van der Waals surface area (Å²) in [5.41, 5.74) is 2.74. The summed E-state index contributed by atoms with van der Waals surface area (Å²) in [6.07, 6.45) is 3.09. The van der Waals surface area contributed by atoms with E-state index in [4.69, 9.17) is 14.7 Å². The second kappa shape index (κ2) is 9.95. The quantitative estimate of drug-likeness (QED) is 0.613. The van der Waals surface area contributed by atoms with Crippen molar-refractivity contribution in [2.24, 2.45) is 0 Å². The van der Waals surface area contributed by atoms with Crippen LogP contribution >= 0.6 is 0 Å². The molecule has 0 N–H and O–H groups in total. The van der Waals surface area contributed by atoms with Crippen molar-refractivity contribution in [1.29, 1.82) is 0 Å². The molecule has 5 rings (SSSR count). The third-order valence-electron chi connectivity index (χ3n) is 7.68. The van der Waals surface area contributed by atoms with E-state index in [2.05, 4.69) is 21.9 Å². The minimum Gasteiger partial charge on any atom is -0.497 e. The van der Waals surface area contributed by atoms with Gasteiger partial charge >= 0.3 is 0 Å². The fourth-order valence-corrected chi connectivity index (χ4v) is 5.54. The van der Waals surface area contributed by atoms with Crippen molar-refractivity contribution >= 4 is 23.6 Å². The SMILES string of the molecule is COc1ccc(CC2CCCN2c2nc(N3CCN(C(C)=O)CC3)nc3c2CN(C(C)C)C3=O)cc1. The fraction of sp³-hybridized carbons (Fsp3) is 0.556. The minimum absolute atomic E-state index is 0.0156. The Hall–Kier alpha value is -3.36. The minimum atomic E-state index is -0.0156. The number of anilines is 2. The second-order valence-corrected chi connectivity index (χ2v) is 10.2. The number of methoxy groups -OCH3 is 1. The lowest BCUT2D eigenvalue weighted by Gasteiger charge is -2.35. The number of rotatable bonds is 6. The summed E-state index contributed by atoms with van der Waals surface area (Å²) in [6.45, 7) is 9.76. The van der Waals surface area contributed by atoms with Gasteiger partial charge in [0, 0.05) is 57.3 Å². The van der Waals surface area contributed by atoms with Gasteiger partial charge in [-0.2, -0.15) is 4.98 Å². The average molecular weight is 493 g/mol. The van der Waals surface area contributed by atoms with Crippen molar-refractivity contribution in [3.05, 3.63) is 41.1 Å². The highest BCUT2D eigenvalue weighted by atomic mass is 16.5. The molecule has 1 aromatic carbocycles. The smallest absolute Gasteiger partial charge is 0.273 e. The maximum Gasteiger partial charge on any atom is 0.273 e. The van der Waals surface area contributed by atoms with Crippen molar-refractivity contribution in [3.8, 4) is 5.75 Å². The van der Waals surface area contributed by atoms with E-state index < -0.39 is 0 Å². The lowest BCUT2D eigenvalue weighted by Crippen LogP contribution is -2.48. The van der Waals surface area contributed by atoms with Gasteiger partial charge in [0.1, 0.15) is 17.3 Å². The molecule has 0 saturated carbocycles. The van der Waals surface area contributed by atoms with Crippen LogP contribution in [0.15, 0.2) is 24.3 Å². The molecule has 0 spiro atoms. The van der Waals surface area contributed by atoms with Crippen LogP contribution in [0.25, 0.3) is 0 Å². The molecule has 2 aromatic rings. The monoisotopic (exact) mass is 492 g/mol. The number of nitrogens with zero attached hydrogens (tertiary/aromatic N) is 6. The van der Waals surface area contributed by atoms with E-state index in [1.807, 2.05) is 35.8 Å². The molecule has 2 fully saturated rings. The lowest BCUT2D eigenvalue weighted by atomic mass is 10.0. The number of benzene rings is 1. The van der Waals surface area contributed by atoms with Gasteiger partial charge in [-0.3, -0.25) is 9.59 Å². The molecule has 9 heteroatoms. The Morgan fingerprint density at radius 2 is 1.81 bits per heavy atom. The molecule has 1 aromatic heterocycles. The van der Waals surface area contributed by atoms with E-state index in [0.29, 0.717) is 50.4 Å². The molecule has 3 aliphatic rings. The normalized spacial score (nSPS) is 19.9. The molecule has 1 unspecified atom stereocenters. The Balaban J connectivity index is 1.47. The zero-order valence-electron chi connectivity index (χ0n) is 21.7. The lowest BCUT2D eigenvalue weighted by molar-refractivity contribution is -0.129. The number of aromatic nitrogens is 2. The van der Waals surface area contributed by atoms with Crippen LogP contribution in [0.5, 0.6) is 5.75 Å². The van der Waals surface area contributed by atoms with Gasteiger partial charge in [0.25, 0.3) is 5.91 Å². The predicted octanol–water partition coefficient (Wildman–Crippen LogP) is 2.73. The second-order valence-electron chi connectivity index (χ2n) is 10.2. The van der Waals surface area contributed by atoms with Gasteiger partial charge < -0.3 is 24.3 Å². The van der Waals surface area contributed by atoms with Crippen LogP contribution in [0.4, 0.5) is 11.8 Å². The van der Waals surface area contributed by atoms with Gasteiger partial charge in [0.15, 0.2) is 0 Å². The number of hydrogen-bond acceptors (Lipinski definition) is 7. The summed E-state index contributed by atoms with van der Waals surface area (Å²) >= 11 is 0. The van der Waals surface area contributed by atoms with E-state index in [0.717, 1.165) is 42.9 Å². The summed E-state index contributed by atoms with van der Waals surface area (Å²) in [5.74, 6) is 2.43. The summed E-state index contributed by atoms with van der Waals surface area (Å²) in [7, 11) is 1.68. The molecule has 2 amide bonds. The number of piperazine rings is 1. The van der Waals surface area contributed by atoms with Gasteiger partial charge in [0.2, 0.25) is 11.9 Å². The van der Waals surface area contributed by atoms with Crippen molar-refractivity contribution in [3.63, 3.8) is 0 Å². The number of carbonyl (C=O) groups is 2. The van der Waals surface area contributed by atoms with Crippen molar-refractivity contribution in [2.75, 3.05) is 49.6 Å². The van der Waals surface area contributed by atoms with Crippen LogP contribution in [0.1, 0.15) is 55.2 Å². The van der Waals surface area contributed by atoms with E-state index in [1.54, 1.807) is 14.0 Å². The van der Waals surface area contributed by atoms with Crippen molar-refractivity contribution in [2.45, 2.75) is 58.7 Å². The third-order valence-corrected chi connectivity index (χ3v) is 7.68. The molecular weight excluding hydrogens is 456 g/mol. The Kier molecular flexibility index (Phi) is 6.73. The van der Waals surface area contributed by atoms with Gasteiger partial charge in [-0.1, -0.05) is 12.1 Å². The third kappa shape index (κ3) is 4.58. The highest BCUT2D eigenvalue weighted by molar-refractivity contribution is 5.98. The number of ether oxygens (including phenoxy) is 1. The maximum absolute atomic E-state index is 13.3. The molecule has 192 valence electrons. The van der Waals surface area contributed by atoms with Crippen LogP contribution in [0.3, 0.4) is 0 Å². The van der Waals surface area contributed by atoms with Gasteiger partial charge in [0.05, 0.1) is 13.7 Å². The molecule has 3 aliphatic heterocycles. The summed E-state index contributed by atoms with van der Waals surface area (Å²) in [5, 5.41) is 0. The number of carbonyl (C=O) groups excluding carboxylic acids is 2. The maximum atomic E-state index is 13.3. The van der Waals surface area contributed by atoms with Crippen LogP contribution in [-0.2, 0) is 17.8 Å². The Labute approximate surface area is 213 Å². The zero-order valence-corrected chi connectivity index (χ0v) is 21.7. The van der Waals surface area contributed by atoms with Crippen LogP contribution in [0, 0.1) is 0 Å². The average Bonchev–Trinajstić information content (AvgIpc) is 3.48. The first-order chi connectivity index (χ1) is 17.4. The predicted molar refractivity (Wildman–Crippen MR) is 139 cm³/mol. The fourth-order valence-electron chi connectivity index (χ4n) is 5.54. The van der Waals surface area contributed by atoms with Gasteiger partial charge in [-0.15, -0.1) is 0 Å². The summed E-state index contributed by atoms with van der Waals surface area (Å²) in [4.78, 5) is 43.3. The van der Waals surface area contributed by atoms with Crippen LogP contribution < -0.4 is 14.5 Å². The van der Waals surface area contributed by atoms with Gasteiger partial charge in [-0.05, 0) is 50.8 Å². The van der Waals surface area contributed by atoms with Crippen LogP contribution in [0.2, 0.25) is 0 Å². The zero-order chi connectivity index (χ0) is 25.4. The number of amides is 2. The van der Waals surface area contributed by atoms with Crippen molar-refractivity contribution in [1.82, 2.24) is 19.8 Å². The first-order valence-corrected chi connectivity index (χ1v) is 13.0. The molecule has 36 heavy (non-hydrogen) atoms. The Morgan fingerprint density at radius 1 is 1.08 bits per heavy atom. The van der Waals surface area contributed by atoms with E-state index in [-0.39, 0.29) is 17.9 Å². The molecule has 1 atom stereocenters. The molecule has 0 aliphatic carbocycles.